The number of ether oxygens (including phenoxy) is 2. The summed E-state index contributed by atoms with van der Waals surface area (Å²) in [6, 6.07) is 8.84. The number of nitriles is 1. The van der Waals surface area contributed by atoms with E-state index in [0.717, 1.165) is 0 Å². The second-order valence-corrected chi connectivity index (χ2v) is 4.79. The van der Waals surface area contributed by atoms with E-state index >= 15 is 0 Å². The average molecular weight is 302 g/mol. The number of halogens is 2. The van der Waals surface area contributed by atoms with Gasteiger partial charge in [0.15, 0.2) is 6.79 Å². The van der Waals surface area contributed by atoms with Crippen molar-refractivity contribution >= 4 is 5.69 Å². The third-order valence-corrected chi connectivity index (χ3v) is 3.35. The molecule has 0 unspecified atom stereocenters. The Hall–Kier alpha value is -2.65. The highest BCUT2D eigenvalue weighted by Gasteiger charge is 2.17. The van der Waals surface area contributed by atoms with Gasteiger partial charge in [-0.1, -0.05) is 6.07 Å². The van der Waals surface area contributed by atoms with Crippen LogP contribution in [0.25, 0.3) is 0 Å². The largest absolute Gasteiger partial charge is 0.467 e. The summed E-state index contributed by atoms with van der Waals surface area (Å²) >= 11 is 0. The maximum Gasteiger partial charge on any atom is 0.189 e. The summed E-state index contributed by atoms with van der Waals surface area (Å²) in [4.78, 5) is 0. The van der Waals surface area contributed by atoms with Crippen molar-refractivity contribution in [2.75, 3.05) is 12.1 Å². The average Bonchev–Trinajstić information content (AvgIpc) is 2.52. The van der Waals surface area contributed by atoms with E-state index in [1.165, 1.54) is 24.3 Å². The second-order valence-electron chi connectivity index (χ2n) is 4.79. The smallest absolute Gasteiger partial charge is 0.189 e. The van der Waals surface area contributed by atoms with Crippen molar-refractivity contribution in [1.82, 2.24) is 0 Å². The maximum absolute atomic E-state index is 13.6. The molecule has 0 fully saturated rings. The molecule has 2 aromatic rings. The molecule has 0 amide bonds. The Labute approximate surface area is 125 Å². The van der Waals surface area contributed by atoms with E-state index in [-0.39, 0.29) is 25.5 Å². The highest BCUT2D eigenvalue weighted by atomic mass is 19.1. The molecule has 112 valence electrons. The molecular formula is C16H12F2N2O2. The molecule has 4 nitrogen and oxygen atoms in total. The first-order valence-corrected chi connectivity index (χ1v) is 6.63. The molecule has 6 heteroatoms. The van der Waals surface area contributed by atoms with Crippen LogP contribution in [-0.4, -0.2) is 6.79 Å². The minimum atomic E-state index is -0.599. The van der Waals surface area contributed by atoms with Crippen molar-refractivity contribution in [2.24, 2.45) is 0 Å². The van der Waals surface area contributed by atoms with Crippen LogP contribution in [0.15, 0.2) is 30.3 Å². The number of nitrogens with one attached hydrogen (secondary N) is 1. The molecule has 0 atom stereocenters. The van der Waals surface area contributed by atoms with Crippen LogP contribution in [0.4, 0.5) is 14.5 Å². The molecule has 0 saturated heterocycles. The van der Waals surface area contributed by atoms with Gasteiger partial charge in [-0.15, -0.1) is 0 Å². The summed E-state index contributed by atoms with van der Waals surface area (Å²) < 4.78 is 37.7. The fourth-order valence-electron chi connectivity index (χ4n) is 2.36. The molecule has 0 spiro atoms. The zero-order valence-corrected chi connectivity index (χ0v) is 11.5. The van der Waals surface area contributed by atoms with Crippen molar-refractivity contribution in [3.05, 3.63) is 58.7 Å². The molecule has 0 aliphatic carbocycles. The van der Waals surface area contributed by atoms with E-state index in [0.29, 0.717) is 22.6 Å². The summed E-state index contributed by atoms with van der Waals surface area (Å²) in [5, 5.41) is 12.0. The van der Waals surface area contributed by atoms with Gasteiger partial charge in [-0.05, 0) is 24.3 Å². The van der Waals surface area contributed by atoms with Crippen LogP contribution >= 0.6 is 0 Å². The first-order valence-electron chi connectivity index (χ1n) is 6.63. The standard InChI is InChI=1S/C16H12F2N2O2/c17-12-4-10(16-11(5-12)8-21-9-22-16)7-20-15-3-1-2-14(18)13(15)6-19/h1-5,20H,7-9H2. The molecule has 22 heavy (non-hydrogen) atoms. The summed E-state index contributed by atoms with van der Waals surface area (Å²) in [5.74, 6) is -0.433. The van der Waals surface area contributed by atoms with Crippen LogP contribution in [0.5, 0.6) is 5.75 Å². The SMILES string of the molecule is N#Cc1c(F)cccc1NCc1cc(F)cc2c1OCOC2. The molecule has 0 aromatic heterocycles. The van der Waals surface area contributed by atoms with Crippen molar-refractivity contribution in [2.45, 2.75) is 13.2 Å². The van der Waals surface area contributed by atoms with E-state index in [4.69, 9.17) is 14.7 Å². The molecule has 0 saturated carbocycles. The molecular weight excluding hydrogens is 290 g/mol. The molecule has 1 N–H and O–H groups in total. The molecule has 2 aromatic carbocycles. The van der Waals surface area contributed by atoms with Gasteiger partial charge in [0.2, 0.25) is 0 Å². The number of hydrogen-bond acceptors (Lipinski definition) is 4. The normalized spacial score (nSPS) is 13.0. The quantitative estimate of drug-likeness (QED) is 0.945. The lowest BCUT2D eigenvalue weighted by Crippen LogP contribution is -2.15. The van der Waals surface area contributed by atoms with Crippen molar-refractivity contribution in [3.8, 4) is 11.8 Å². The Morgan fingerprint density at radius 1 is 1.27 bits per heavy atom. The predicted octanol–water partition coefficient (Wildman–Crippen LogP) is 3.32. The fourth-order valence-corrected chi connectivity index (χ4v) is 2.36. The lowest BCUT2D eigenvalue weighted by molar-refractivity contribution is -0.0172. The minimum Gasteiger partial charge on any atom is -0.467 e. The Morgan fingerprint density at radius 3 is 2.95 bits per heavy atom. The van der Waals surface area contributed by atoms with E-state index in [1.807, 2.05) is 6.07 Å². The number of nitrogens with zero attached hydrogens (tertiary/aromatic N) is 1. The van der Waals surface area contributed by atoms with Crippen molar-refractivity contribution < 1.29 is 18.3 Å². The third kappa shape index (κ3) is 2.71. The van der Waals surface area contributed by atoms with Gasteiger partial charge in [0, 0.05) is 17.7 Å². The first kappa shape index (κ1) is 14.3. The van der Waals surface area contributed by atoms with Gasteiger partial charge >= 0.3 is 0 Å². The third-order valence-electron chi connectivity index (χ3n) is 3.35. The Kier molecular flexibility index (Phi) is 3.90. The van der Waals surface area contributed by atoms with Gasteiger partial charge < -0.3 is 14.8 Å². The lowest BCUT2D eigenvalue weighted by Gasteiger charge is -2.21. The zero-order valence-electron chi connectivity index (χ0n) is 11.5. The maximum atomic E-state index is 13.6. The molecule has 1 aliphatic heterocycles. The zero-order chi connectivity index (χ0) is 15.5. The monoisotopic (exact) mass is 302 g/mol. The summed E-state index contributed by atoms with van der Waals surface area (Å²) in [6.07, 6.45) is 0. The molecule has 3 rings (SSSR count). The minimum absolute atomic E-state index is 0.0722. The predicted molar refractivity (Wildman–Crippen MR) is 75.1 cm³/mol. The van der Waals surface area contributed by atoms with E-state index in [1.54, 1.807) is 6.07 Å². The van der Waals surface area contributed by atoms with Crippen molar-refractivity contribution in [1.29, 1.82) is 5.26 Å². The topological polar surface area (TPSA) is 54.3 Å². The van der Waals surface area contributed by atoms with Gasteiger partial charge in [-0.25, -0.2) is 8.78 Å². The van der Waals surface area contributed by atoms with Gasteiger partial charge in [-0.3, -0.25) is 0 Å². The van der Waals surface area contributed by atoms with Gasteiger partial charge in [0.1, 0.15) is 29.0 Å². The van der Waals surface area contributed by atoms with Crippen LogP contribution in [0.3, 0.4) is 0 Å². The number of benzene rings is 2. The highest BCUT2D eigenvalue weighted by molar-refractivity contribution is 5.58. The molecule has 0 radical (unpaired) electrons. The molecule has 0 bridgehead atoms. The Morgan fingerprint density at radius 2 is 2.14 bits per heavy atom. The fraction of sp³-hybridized carbons (Fsp3) is 0.188. The van der Waals surface area contributed by atoms with Crippen molar-refractivity contribution in [3.63, 3.8) is 0 Å². The highest BCUT2D eigenvalue weighted by Crippen LogP contribution is 2.30. The van der Waals surface area contributed by atoms with E-state index in [2.05, 4.69) is 5.32 Å². The number of fused-ring (bicyclic) bond motifs is 1. The molecule has 1 heterocycles. The van der Waals surface area contributed by atoms with E-state index in [9.17, 15) is 8.78 Å². The summed E-state index contributed by atoms with van der Waals surface area (Å²) in [7, 11) is 0. The van der Waals surface area contributed by atoms with E-state index < -0.39 is 11.6 Å². The second kappa shape index (κ2) is 6.00. The summed E-state index contributed by atoms with van der Waals surface area (Å²) in [6.45, 7) is 0.594. The van der Waals surface area contributed by atoms with Gasteiger partial charge in [0.05, 0.1) is 12.3 Å². The Balaban J connectivity index is 1.88. The van der Waals surface area contributed by atoms with Crippen LogP contribution in [0.2, 0.25) is 0 Å². The first-order chi connectivity index (χ1) is 10.7. The number of hydrogen-bond donors (Lipinski definition) is 1. The number of rotatable bonds is 3. The summed E-state index contributed by atoms with van der Waals surface area (Å²) in [5.41, 5.74) is 1.50. The number of anilines is 1. The lowest BCUT2D eigenvalue weighted by atomic mass is 10.1. The Bertz CT molecular complexity index is 757. The van der Waals surface area contributed by atoms with Crippen LogP contribution in [0.1, 0.15) is 16.7 Å². The van der Waals surface area contributed by atoms with Crippen LogP contribution in [-0.2, 0) is 17.9 Å². The van der Waals surface area contributed by atoms with Gasteiger partial charge in [-0.2, -0.15) is 5.26 Å². The van der Waals surface area contributed by atoms with Crippen LogP contribution in [0, 0.1) is 23.0 Å². The molecule has 1 aliphatic rings. The van der Waals surface area contributed by atoms with Gasteiger partial charge in [0.25, 0.3) is 0 Å². The van der Waals surface area contributed by atoms with Crippen LogP contribution < -0.4 is 10.1 Å².